The number of hydrazine groups is 1. The molecule has 2 rings (SSSR count). The molecule has 2 atom stereocenters. The van der Waals surface area contributed by atoms with Crippen molar-refractivity contribution in [3.05, 3.63) is 0 Å². The van der Waals surface area contributed by atoms with Crippen molar-refractivity contribution >= 4 is 28.2 Å². The van der Waals surface area contributed by atoms with Gasteiger partial charge in [0.25, 0.3) is 5.91 Å². The van der Waals surface area contributed by atoms with Gasteiger partial charge in [0, 0.05) is 19.5 Å². The van der Waals surface area contributed by atoms with E-state index in [0.29, 0.717) is 11.5 Å². The lowest BCUT2D eigenvalue weighted by Gasteiger charge is -2.29. The lowest BCUT2D eigenvalue weighted by atomic mass is 10.0. The van der Waals surface area contributed by atoms with Crippen molar-refractivity contribution in [1.29, 1.82) is 0 Å². The van der Waals surface area contributed by atoms with Crippen LogP contribution in [0.25, 0.3) is 0 Å². The van der Waals surface area contributed by atoms with Gasteiger partial charge in [-0.1, -0.05) is 0 Å². The summed E-state index contributed by atoms with van der Waals surface area (Å²) in [6, 6.07) is -2.31. The van der Waals surface area contributed by atoms with Crippen molar-refractivity contribution in [2.24, 2.45) is 5.73 Å². The maximum Gasteiger partial charge on any atom is 0.418 e. The number of hydroxylamine groups is 2. The van der Waals surface area contributed by atoms with Gasteiger partial charge >= 0.3 is 16.4 Å². The van der Waals surface area contributed by atoms with Crippen LogP contribution in [0.3, 0.4) is 0 Å². The Morgan fingerprint density at radius 2 is 2.04 bits per heavy atom. The molecular formula is C10H17N5O7S. The number of urea groups is 1. The minimum absolute atomic E-state index is 0.0334. The first-order chi connectivity index (χ1) is 10.7. The number of nitrogens with zero attached hydrogens (tertiary/aromatic N) is 2. The smallest absolute Gasteiger partial charge is 0.330 e. The summed E-state index contributed by atoms with van der Waals surface area (Å²) in [4.78, 5) is 36.5. The molecular weight excluding hydrogens is 334 g/mol. The molecule has 0 radical (unpaired) electrons. The molecule has 0 unspecified atom stereocenters. The number of fused-ring (bicyclic) bond motifs is 2. The number of amides is 4. The third-order valence-electron chi connectivity index (χ3n) is 3.50. The van der Waals surface area contributed by atoms with Gasteiger partial charge in [-0.05, 0) is 12.8 Å². The molecule has 0 aliphatic carbocycles. The second-order valence-corrected chi connectivity index (χ2v) is 6.09. The molecule has 2 aliphatic rings. The zero-order valence-corrected chi connectivity index (χ0v) is 12.8. The summed E-state index contributed by atoms with van der Waals surface area (Å²) >= 11 is 0. The lowest BCUT2D eigenvalue weighted by Crippen LogP contribution is -2.54. The Morgan fingerprint density at radius 1 is 1.35 bits per heavy atom. The largest absolute Gasteiger partial charge is 0.418 e. The van der Waals surface area contributed by atoms with Crippen LogP contribution in [0.4, 0.5) is 4.79 Å². The van der Waals surface area contributed by atoms with Crippen LogP contribution in [0.2, 0.25) is 0 Å². The molecule has 2 saturated heterocycles. The fourth-order valence-electron chi connectivity index (χ4n) is 2.51. The molecule has 12 nitrogen and oxygen atoms in total. The van der Waals surface area contributed by atoms with Crippen molar-refractivity contribution in [1.82, 2.24) is 20.8 Å². The minimum atomic E-state index is -4.84. The number of carbonyl (C=O) groups is 3. The Balaban J connectivity index is 1.98. The minimum Gasteiger partial charge on any atom is -0.330 e. The fourth-order valence-corrected chi connectivity index (χ4v) is 2.90. The normalized spacial score (nSPS) is 23.8. The van der Waals surface area contributed by atoms with E-state index in [4.69, 9.17) is 10.3 Å². The molecule has 2 bridgehead atoms. The van der Waals surface area contributed by atoms with Gasteiger partial charge in [-0.2, -0.15) is 13.5 Å². The van der Waals surface area contributed by atoms with E-state index in [1.165, 1.54) is 0 Å². The quantitative estimate of drug-likeness (QED) is 0.310. The summed E-state index contributed by atoms with van der Waals surface area (Å²) in [6.07, 6.45) is 0.582. The molecule has 4 amide bonds. The van der Waals surface area contributed by atoms with E-state index in [1.54, 1.807) is 0 Å². The summed E-state index contributed by atoms with van der Waals surface area (Å²) in [5.74, 6) is -1.09. The molecule has 13 heteroatoms. The highest BCUT2D eigenvalue weighted by Gasteiger charge is 2.49. The van der Waals surface area contributed by atoms with Crippen molar-refractivity contribution in [3.8, 4) is 0 Å². The van der Waals surface area contributed by atoms with Gasteiger partial charge in [0.15, 0.2) is 0 Å². The molecule has 0 saturated carbocycles. The van der Waals surface area contributed by atoms with Crippen LogP contribution in [0.15, 0.2) is 0 Å². The van der Waals surface area contributed by atoms with E-state index in [0.717, 1.165) is 4.90 Å². The Labute approximate surface area is 131 Å². The van der Waals surface area contributed by atoms with Crippen LogP contribution in [0, 0.1) is 0 Å². The summed E-state index contributed by atoms with van der Waals surface area (Å²) < 4.78 is 34.4. The molecule has 130 valence electrons. The van der Waals surface area contributed by atoms with Gasteiger partial charge in [0.2, 0.25) is 5.91 Å². The van der Waals surface area contributed by atoms with Crippen LogP contribution < -0.4 is 16.6 Å². The number of nitrogens with two attached hydrogens (primary N) is 1. The lowest BCUT2D eigenvalue weighted by molar-refractivity contribution is -0.131. The van der Waals surface area contributed by atoms with Crippen LogP contribution in [0.5, 0.6) is 0 Å². The third-order valence-corrected chi connectivity index (χ3v) is 3.85. The Hall–Kier alpha value is -1.96. The highest BCUT2D eigenvalue weighted by molar-refractivity contribution is 7.80. The van der Waals surface area contributed by atoms with E-state index in [2.05, 4.69) is 15.1 Å². The average molecular weight is 351 g/mol. The first-order valence-corrected chi connectivity index (χ1v) is 8.15. The first kappa shape index (κ1) is 17.4. The zero-order chi connectivity index (χ0) is 17.2. The van der Waals surface area contributed by atoms with Crippen molar-refractivity contribution < 1.29 is 31.6 Å². The molecule has 0 aromatic carbocycles. The number of rotatable bonds is 5. The second-order valence-electron chi connectivity index (χ2n) is 5.09. The van der Waals surface area contributed by atoms with E-state index in [1.807, 2.05) is 0 Å². The number of nitrogens with one attached hydrogen (secondary N) is 2. The predicted octanol–water partition coefficient (Wildman–Crippen LogP) is -2.51. The standard InChI is InChI=1S/C10H17N5O7S/c11-4-3-8(16)12-13-9(17)7-2-1-6-5-14(7)10(18)15(6)22-23(19,20)21/h6-7H,1-5,11H2,(H,12,16)(H,13,17)(H,19,20,21)/t6-,7-/m1/s1. The molecule has 5 N–H and O–H groups in total. The van der Waals surface area contributed by atoms with Crippen LogP contribution in [-0.2, 0) is 24.3 Å². The summed E-state index contributed by atoms with van der Waals surface area (Å²) in [5, 5.41) is 0.537. The van der Waals surface area contributed by atoms with Crippen molar-refractivity contribution in [2.75, 3.05) is 13.1 Å². The van der Waals surface area contributed by atoms with E-state index < -0.39 is 40.3 Å². The van der Waals surface area contributed by atoms with Crippen LogP contribution in [-0.4, -0.2) is 66.0 Å². The number of hydrogen-bond donors (Lipinski definition) is 4. The maximum atomic E-state index is 12.1. The maximum absolute atomic E-state index is 12.1. The summed E-state index contributed by atoms with van der Waals surface area (Å²) in [6.45, 7) is 0.197. The number of piperidine rings is 1. The van der Waals surface area contributed by atoms with Crippen LogP contribution >= 0.6 is 0 Å². The summed E-state index contributed by atoms with van der Waals surface area (Å²) in [7, 11) is -4.84. The van der Waals surface area contributed by atoms with Gasteiger partial charge in [0.1, 0.15) is 6.04 Å². The second kappa shape index (κ2) is 6.66. The van der Waals surface area contributed by atoms with Gasteiger partial charge in [-0.3, -0.25) is 25.0 Å². The molecule has 0 aromatic heterocycles. The molecule has 0 aromatic rings. The first-order valence-electron chi connectivity index (χ1n) is 6.78. The van der Waals surface area contributed by atoms with Gasteiger partial charge in [-0.25, -0.2) is 4.79 Å². The predicted molar refractivity (Wildman–Crippen MR) is 73.3 cm³/mol. The van der Waals surface area contributed by atoms with Crippen molar-refractivity contribution in [2.45, 2.75) is 31.3 Å². The Bertz CT molecular complexity index is 609. The van der Waals surface area contributed by atoms with E-state index in [-0.39, 0.29) is 25.9 Å². The SMILES string of the molecule is NCCC(=O)NNC(=O)[C@H]1CC[C@@H]2CN1C(=O)N2OS(=O)(=O)O. The third kappa shape index (κ3) is 4.07. The fraction of sp³-hybridized carbons (Fsp3) is 0.700. The van der Waals surface area contributed by atoms with E-state index >= 15 is 0 Å². The van der Waals surface area contributed by atoms with Gasteiger partial charge in [-0.15, -0.1) is 4.28 Å². The Kier molecular flexibility index (Phi) is 5.03. The average Bonchev–Trinajstić information content (AvgIpc) is 2.69. The number of carbonyl (C=O) groups excluding carboxylic acids is 3. The molecule has 23 heavy (non-hydrogen) atoms. The van der Waals surface area contributed by atoms with Gasteiger partial charge < -0.3 is 10.6 Å². The highest BCUT2D eigenvalue weighted by Crippen LogP contribution is 2.30. The van der Waals surface area contributed by atoms with Crippen molar-refractivity contribution in [3.63, 3.8) is 0 Å². The number of hydrogen-bond acceptors (Lipinski definition) is 7. The molecule has 2 fully saturated rings. The van der Waals surface area contributed by atoms with E-state index in [9.17, 15) is 22.8 Å². The van der Waals surface area contributed by atoms with Crippen LogP contribution in [0.1, 0.15) is 19.3 Å². The zero-order valence-electron chi connectivity index (χ0n) is 12.0. The summed E-state index contributed by atoms with van der Waals surface area (Å²) in [5.41, 5.74) is 9.55. The Morgan fingerprint density at radius 3 is 2.65 bits per heavy atom. The monoisotopic (exact) mass is 351 g/mol. The highest BCUT2D eigenvalue weighted by atomic mass is 32.3. The molecule has 2 heterocycles. The molecule has 2 aliphatic heterocycles. The van der Waals surface area contributed by atoms with Gasteiger partial charge in [0.05, 0.1) is 6.04 Å². The topological polar surface area (TPSA) is 171 Å². The molecule has 0 spiro atoms.